The minimum atomic E-state index is 0.404. The van der Waals surface area contributed by atoms with E-state index in [0.717, 1.165) is 28.8 Å². The van der Waals surface area contributed by atoms with Gasteiger partial charge >= 0.3 is 0 Å². The minimum Gasteiger partial charge on any atom is -0.497 e. The number of methoxy groups -OCH3 is 1. The Morgan fingerprint density at radius 3 is 2.74 bits per heavy atom. The summed E-state index contributed by atoms with van der Waals surface area (Å²) in [6.45, 7) is 5.30. The zero-order valence-electron chi connectivity index (χ0n) is 11.6. The summed E-state index contributed by atoms with van der Waals surface area (Å²) in [7, 11) is 1.69. The smallest absolute Gasteiger partial charge is 0.136 e. The Labute approximate surface area is 122 Å². The van der Waals surface area contributed by atoms with Crippen molar-refractivity contribution in [3.8, 4) is 5.75 Å². The van der Waals surface area contributed by atoms with Gasteiger partial charge in [-0.15, -0.1) is 0 Å². The molecule has 102 valence electrons. The summed E-state index contributed by atoms with van der Waals surface area (Å²) in [5.41, 5.74) is 0. The van der Waals surface area contributed by atoms with Crippen LogP contribution < -0.4 is 9.64 Å². The van der Waals surface area contributed by atoms with Gasteiger partial charge in [0.2, 0.25) is 0 Å². The van der Waals surface area contributed by atoms with Crippen LogP contribution in [0.2, 0.25) is 0 Å². The van der Waals surface area contributed by atoms with Gasteiger partial charge in [0.25, 0.3) is 0 Å². The number of pyridine rings is 1. The van der Waals surface area contributed by atoms with Crippen molar-refractivity contribution in [2.75, 3.05) is 23.9 Å². The second-order valence-electron chi connectivity index (χ2n) is 4.70. The van der Waals surface area contributed by atoms with Crippen molar-refractivity contribution in [2.24, 2.45) is 0 Å². The van der Waals surface area contributed by atoms with Gasteiger partial charge in [0.15, 0.2) is 0 Å². The molecule has 0 unspecified atom stereocenters. The van der Waals surface area contributed by atoms with E-state index >= 15 is 0 Å². The predicted molar refractivity (Wildman–Crippen MR) is 84.6 cm³/mol. The highest BCUT2D eigenvalue weighted by molar-refractivity contribution is 9.09. The molecule has 2 aromatic rings. The summed E-state index contributed by atoms with van der Waals surface area (Å²) in [5.74, 6) is 1.88. The zero-order chi connectivity index (χ0) is 13.8. The monoisotopic (exact) mass is 322 g/mol. The van der Waals surface area contributed by atoms with Crippen molar-refractivity contribution in [1.29, 1.82) is 0 Å². The standard InChI is InChI=1S/C15H19BrN2O/c1-11(2)18(9-7-16)15-14-10-13(19-3)5-4-12(14)6-8-17-15/h4-6,8,10-11H,7,9H2,1-3H3. The molecule has 0 saturated heterocycles. The summed E-state index contributed by atoms with van der Waals surface area (Å²) in [4.78, 5) is 6.87. The Bertz CT molecular complexity index is 557. The van der Waals surface area contributed by atoms with Crippen LogP contribution in [0, 0.1) is 0 Å². The fourth-order valence-electron chi connectivity index (χ4n) is 2.19. The summed E-state index contributed by atoms with van der Waals surface area (Å²) in [6, 6.07) is 8.55. The molecule has 3 nitrogen and oxygen atoms in total. The van der Waals surface area contributed by atoms with Gasteiger partial charge in [-0.2, -0.15) is 0 Å². The van der Waals surface area contributed by atoms with Crippen LogP contribution in [0.3, 0.4) is 0 Å². The fourth-order valence-corrected chi connectivity index (χ4v) is 2.57. The van der Waals surface area contributed by atoms with Crippen molar-refractivity contribution in [2.45, 2.75) is 19.9 Å². The lowest BCUT2D eigenvalue weighted by molar-refractivity contribution is 0.415. The maximum atomic E-state index is 5.32. The van der Waals surface area contributed by atoms with Gasteiger partial charge in [-0.3, -0.25) is 0 Å². The first-order valence-corrected chi connectivity index (χ1v) is 7.55. The van der Waals surface area contributed by atoms with E-state index in [-0.39, 0.29) is 0 Å². The van der Waals surface area contributed by atoms with E-state index in [1.807, 2.05) is 18.3 Å². The van der Waals surface area contributed by atoms with Crippen LogP contribution in [0.5, 0.6) is 5.75 Å². The molecule has 2 rings (SSSR count). The SMILES string of the molecule is COc1ccc2ccnc(N(CCBr)C(C)C)c2c1. The topological polar surface area (TPSA) is 25.4 Å². The molecule has 0 aliphatic rings. The quantitative estimate of drug-likeness (QED) is 0.782. The molecular weight excluding hydrogens is 304 g/mol. The summed E-state index contributed by atoms with van der Waals surface area (Å²) in [6.07, 6.45) is 1.87. The lowest BCUT2D eigenvalue weighted by Crippen LogP contribution is -2.33. The van der Waals surface area contributed by atoms with Crippen LogP contribution in [0.1, 0.15) is 13.8 Å². The highest BCUT2D eigenvalue weighted by Crippen LogP contribution is 2.29. The molecule has 0 aliphatic carbocycles. The molecule has 1 aromatic carbocycles. The molecule has 0 bridgehead atoms. The Balaban J connectivity index is 2.57. The number of anilines is 1. The summed E-state index contributed by atoms with van der Waals surface area (Å²) >= 11 is 3.51. The molecule has 4 heteroatoms. The van der Waals surface area contributed by atoms with Gasteiger partial charge in [-0.05, 0) is 37.4 Å². The molecule has 0 atom stereocenters. The number of aromatic nitrogens is 1. The summed E-state index contributed by atoms with van der Waals surface area (Å²) < 4.78 is 5.32. The first kappa shape index (κ1) is 14.1. The third kappa shape index (κ3) is 3.00. The molecule has 0 aliphatic heterocycles. The average molecular weight is 323 g/mol. The number of rotatable bonds is 5. The van der Waals surface area contributed by atoms with E-state index < -0.39 is 0 Å². The number of benzene rings is 1. The Morgan fingerprint density at radius 1 is 1.32 bits per heavy atom. The average Bonchev–Trinajstić information content (AvgIpc) is 2.43. The Hall–Kier alpha value is -1.29. The first-order valence-electron chi connectivity index (χ1n) is 6.42. The molecular formula is C15H19BrN2O. The summed E-state index contributed by atoms with van der Waals surface area (Å²) in [5, 5.41) is 3.25. The van der Waals surface area contributed by atoms with E-state index in [2.05, 4.69) is 51.8 Å². The van der Waals surface area contributed by atoms with Gasteiger partial charge in [0.1, 0.15) is 11.6 Å². The maximum absolute atomic E-state index is 5.32. The number of ether oxygens (including phenoxy) is 1. The van der Waals surface area contributed by atoms with Crippen molar-refractivity contribution >= 4 is 32.5 Å². The van der Waals surface area contributed by atoms with Crippen molar-refractivity contribution in [3.05, 3.63) is 30.5 Å². The van der Waals surface area contributed by atoms with Crippen molar-refractivity contribution in [3.63, 3.8) is 0 Å². The molecule has 1 heterocycles. The van der Waals surface area contributed by atoms with E-state index in [0.29, 0.717) is 6.04 Å². The highest BCUT2D eigenvalue weighted by Gasteiger charge is 2.14. The third-order valence-electron chi connectivity index (χ3n) is 3.17. The molecule has 0 saturated carbocycles. The number of nitrogens with zero attached hydrogens (tertiary/aromatic N) is 2. The highest BCUT2D eigenvalue weighted by atomic mass is 79.9. The first-order chi connectivity index (χ1) is 9.17. The van der Waals surface area contributed by atoms with Crippen LogP contribution in [0.15, 0.2) is 30.5 Å². The normalized spacial score (nSPS) is 11.0. The second-order valence-corrected chi connectivity index (χ2v) is 5.49. The van der Waals surface area contributed by atoms with Crippen LogP contribution in [0.4, 0.5) is 5.82 Å². The Kier molecular flexibility index (Phi) is 4.64. The number of alkyl halides is 1. The molecule has 0 N–H and O–H groups in total. The van der Waals surface area contributed by atoms with E-state index in [1.165, 1.54) is 5.39 Å². The van der Waals surface area contributed by atoms with Gasteiger partial charge < -0.3 is 9.64 Å². The zero-order valence-corrected chi connectivity index (χ0v) is 13.1. The van der Waals surface area contributed by atoms with Crippen molar-refractivity contribution in [1.82, 2.24) is 4.98 Å². The number of hydrogen-bond acceptors (Lipinski definition) is 3. The predicted octanol–water partition coefficient (Wildman–Crippen LogP) is 3.85. The number of halogens is 1. The molecule has 0 spiro atoms. The lowest BCUT2D eigenvalue weighted by Gasteiger charge is -2.28. The molecule has 1 aromatic heterocycles. The van der Waals surface area contributed by atoms with Crippen LogP contribution >= 0.6 is 15.9 Å². The van der Waals surface area contributed by atoms with E-state index in [4.69, 9.17) is 4.74 Å². The van der Waals surface area contributed by atoms with Crippen LogP contribution in [-0.2, 0) is 0 Å². The van der Waals surface area contributed by atoms with E-state index in [9.17, 15) is 0 Å². The fraction of sp³-hybridized carbons (Fsp3) is 0.400. The van der Waals surface area contributed by atoms with Gasteiger partial charge in [0, 0.05) is 29.5 Å². The number of fused-ring (bicyclic) bond motifs is 1. The van der Waals surface area contributed by atoms with Gasteiger partial charge in [-0.25, -0.2) is 4.98 Å². The number of hydrogen-bond donors (Lipinski definition) is 0. The van der Waals surface area contributed by atoms with Crippen LogP contribution in [0.25, 0.3) is 10.8 Å². The van der Waals surface area contributed by atoms with Crippen LogP contribution in [-0.4, -0.2) is 30.0 Å². The lowest BCUT2D eigenvalue weighted by atomic mass is 10.1. The third-order valence-corrected chi connectivity index (χ3v) is 3.53. The van der Waals surface area contributed by atoms with Gasteiger partial charge in [-0.1, -0.05) is 22.0 Å². The largest absolute Gasteiger partial charge is 0.497 e. The molecule has 19 heavy (non-hydrogen) atoms. The van der Waals surface area contributed by atoms with E-state index in [1.54, 1.807) is 7.11 Å². The minimum absolute atomic E-state index is 0.404. The molecule has 0 fully saturated rings. The maximum Gasteiger partial charge on any atom is 0.136 e. The molecule has 0 radical (unpaired) electrons. The Morgan fingerprint density at radius 2 is 2.11 bits per heavy atom. The van der Waals surface area contributed by atoms with Crippen molar-refractivity contribution < 1.29 is 4.74 Å². The van der Waals surface area contributed by atoms with Gasteiger partial charge in [0.05, 0.1) is 7.11 Å². The second kappa shape index (κ2) is 6.24. The molecule has 0 amide bonds.